The summed E-state index contributed by atoms with van der Waals surface area (Å²) in [5, 5.41) is 6.97. The Bertz CT molecular complexity index is 538. The molecule has 0 unspecified atom stereocenters. The van der Waals surface area contributed by atoms with Crippen LogP contribution in [-0.2, 0) is 0 Å². The average Bonchev–Trinajstić information content (AvgIpc) is 2.68. The van der Waals surface area contributed by atoms with E-state index in [1.54, 1.807) is 0 Å². The van der Waals surface area contributed by atoms with Gasteiger partial charge in [0.05, 0.1) is 5.69 Å². The van der Waals surface area contributed by atoms with Gasteiger partial charge in [0.2, 0.25) is 0 Å². The molecule has 2 aromatic rings. The molecule has 90 valence electrons. The van der Waals surface area contributed by atoms with Crippen molar-refractivity contribution in [3.63, 3.8) is 0 Å². The highest BCUT2D eigenvalue weighted by molar-refractivity contribution is 5.68. The van der Waals surface area contributed by atoms with Gasteiger partial charge < -0.3 is 5.73 Å². The number of anilines is 1. The molecule has 0 spiro atoms. The molecule has 3 N–H and O–H groups in total. The molecule has 1 aromatic carbocycles. The number of nitrogens with one attached hydrogen (secondary N) is 1. The van der Waals surface area contributed by atoms with Crippen molar-refractivity contribution in [2.24, 2.45) is 0 Å². The van der Waals surface area contributed by atoms with Gasteiger partial charge in [0.1, 0.15) is 5.82 Å². The number of nitrogens with two attached hydrogens (primary N) is 1. The first-order chi connectivity index (χ1) is 7.99. The molecule has 1 aromatic heterocycles. The molecular formula is C14H19N3. The second kappa shape index (κ2) is 4.24. The Morgan fingerprint density at radius 1 is 1.18 bits per heavy atom. The first-order valence-electron chi connectivity index (χ1n) is 5.91. The fourth-order valence-electron chi connectivity index (χ4n) is 1.98. The fourth-order valence-corrected chi connectivity index (χ4v) is 1.98. The third-order valence-electron chi connectivity index (χ3n) is 3.24. The van der Waals surface area contributed by atoms with Crippen LogP contribution in [-0.4, -0.2) is 10.2 Å². The molecule has 2 rings (SSSR count). The van der Waals surface area contributed by atoms with Crippen LogP contribution in [0.15, 0.2) is 18.2 Å². The van der Waals surface area contributed by atoms with E-state index in [0.717, 1.165) is 5.69 Å². The third kappa shape index (κ3) is 2.18. The normalized spacial score (nSPS) is 11.1. The Morgan fingerprint density at radius 3 is 2.41 bits per heavy atom. The Balaban J connectivity index is 2.60. The maximum absolute atomic E-state index is 5.66. The molecule has 0 saturated carbocycles. The molecule has 0 aliphatic heterocycles. The van der Waals surface area contributed by atoms with Gasteiger partial charge in [-0.3, -0.25) is 5.10 Å². The standard InChI is InChI=1S/C14H19N3/c1-8(2)11-5-9(3)10(4)12(6-11)13-7-14(15)17-16-13/h5-8H,1-4H3,(H3,15,16,17). The number of rotatable bonds is 2. The average molecular weight is 229 g/mol. The van der Waals surface area contributed by atoms with Crippen LogP contribution in [0.25, 0.3) is 11.3 Å². The van der Waals surface area contributed by atoms with Crippen molar-refractivity contribution in [2.45, 2.75) is 33.6 Å². The highest BCUT2D eigenvalue weighted by atomic mass is 15.2. The van der Waals surface area contributed by atoms with E-state index in [9.17, 15) is 0 Å². The van der Waals surface area contributed by atoms with Gasteiger partial charge in [0, 0.05) is 11.6 Å². The van der Waals surface area contributed by atoms with E-state index in [1.165, 1.54) is 22.3 Å². The highest BCUT2D eigenvalue weighted by Gasteiger charge is 2.10. The monoisotopic (exact) mass is 229 g/mol. The number of aromatic nitrogens is 2. The van der Waals surface area contributed by atoms with E-state index in [4.69, 9.17) is 5.73 Å². The largest absolute Gasteiger partial charge is 0.382 e. The van der Waals surface area contributed by atoms with Crippen molar-refractivity contribution >= 4 is 5.82 Å². The topological polar surface area (TPSA) is 54.7 Å². The number of nitrogen functional groups attached to an aromatic ring is 1. The molecular weight excluding hydrogens is 210 g/mol. The molecule has 0 radical (unpaired) electrons. The minimum Gasteiger partial charge on any atom is -0.382 e. The number of hydrogen-bond acceptors (Lipinski definition) is 2. The van der Waals surface area contributed by atoms with Crippen LogP contribution in [0.3, 0.4) is 0 Å². The Morgan fingerprint density at radius 2 is 1.88 bits per heavy atom. The van der Waals surface area contributed by atoms with Crippen LogP contribution >= 0.6 is 0 Å². The van der Waals surface area contributed by atoms with Gasteiger partial charge in [-0.1, -0.05) is 19.9 Å². The lowest BCUT2D eigenvalue weighted by Crippen LogP contribution is -1.94. The van der Waals surface area contributed by atoms with Crippen molar-refractivity contribution in [2.75, 3.05) is 5.73 Å². The van der Waals surface area contributed by atoms with E-state index < -0.39 is 0 Å². The van der Waals surface area contributed by atoms with Crippen molar-refractivity contribution in [3.05, 3.63) is 34.9 Å². The van der Waals surface area contributed by atoms with Crippen LogP contribution in [0.5, 0.6) is 0 Å². The molecule has 0 atom stereocenters. The maximum Gasteiger partial charge on any atom is 0.145 e. The lowest BCUT2D eigenvalue weighted by Gasteiger charge is -2.13. The van der Waals surface area contributed by atoms with Crippen molar-refractivity contribution in [3.8, 4) is 11.3 Å². The number of hydrogen-bond donors (Lipinski definition) is 2. The molecule has 0 aliphatic carbocycles. The summed E-state index contributed by atoms with van der Waals surface area (Å²) in [7, 11) is 0. The number of aromatic amines is 1. The molecule has 0 amide bonds. The van der Waals surface area contributed by atoms with Gasteiger partial charge in [-0.15, -0.1) is 0 Å². The zero-order valence-electron chi connectivity index (χ0n) is 10.8. The van der Waals surface area contributed by atoms with E-state index in [0.29, 0.717) is 11.7 Å². The lowest BCUT2D eigenvalue weighted by molar-refractivity contribution is 0.864. The van der Waals surface area contributed by atoms with Gasteiger partial charge in [-0.2, -0.15) is 5.10 Å². The second-order valence-electron chi connectivity index (χ2n) is 4.87. The van der Waals surface area contributed by atoms with Gasteiger partial charge in [0.15, 0.2) is 0 Å². The zero-order valence-corrected chi connectivity index (χ0v) is 10.8. The molecule has 3 heteroatoms. The molecule has 0 aliphatic rings. The number of benzene rings is 1. The van der Waals surface area contributed by atoms with Crippen LogP contribution in [0.4, 0.5) is 5.82 Å². The predicted molar refractivity (Wildman–Crippen MR) is 72.0 cm³/mol. The summed E-state index contributed by atoms with van der Waals surface area (Å²) >= 11 is 0. The fraction of sp³-hybridized carbons (Fsp3) is 0.357. The summed E-state index contributed by atoms with van der Waals surface area (Å²) in [5.74, 6) is 1.06. The van der Waals surface area contributed by atoms with Crippen molar-refractivity contribution in [1.82, 2.24) is 10.2 Å². The van der Waals surface area contributed by atoms with Gasteiger partial charge >= 0.3 is 0 Å². The highest BCUT2D eigenvalue weighted by Crippen LogP contribution is 2.29. The van der Waals surface area contributed by atoms with E-state index in [2.05, 4.69) is 50.0 Å². The SMILES string of the molecule is Cc1cc(C(C)C)cc(-c2cc(N)n[nH]2)c1C. The van der Waals surface area contributed by atoms with E-state index in [-0.39, 0.29) is 0 Å². The van der Waals surface area contributed by atoms with Crippen LogP contribution in [0, 0.1) is 13.8 Å². The summed E-state index contributed by atoms with van der Waals surface area (Å²) < 4.78 is 0. The quantitative estimate of drug-likeness (QED) is 0.829. The Labute approximate surface area is 102 Å². The third-order valence-corrected chi connectivity index (χ3v) is 3.24. The summed E-state index contributed by atoms with van der Waals surface area (Å²) in [6.45, 7) is 8.68. The smallest absolute Gasteiger partial charge is 0.145 e. The summed E-state index contributed by atoms with van der Waals surface area (Å²) in [6, 6.07) is 6.36. The van der Waals surface area contributed by atoms with Gasteiger partial charge in [-0.05, 0) is 42.5 Å². The first kappa shape index (κ1) is 11.7. The molecule has 0 fully saturated rings. The van der Waals surface area contributed by atoms with Crippen LogP contribution in [0.2, 0.25) is 0 Å². The summed E-state index contributed by atoms with van der Waals surface area (Å²) in [4.78, 5) is 0. The van der Waals surface area contributed by atoms with Crippen LogP contribution < -0.4 is 5.73 Å². The molecule has 17 heavy (non-hydrogen) atoms. The Kier molecular flexibility index (Phi) is 2.92. The van der Waals surface area contributed by atoms with Crippen molar-refractivity contribution < 1.29 is 0 Å². The number of H-pyrrole nitrogens is 1. The minimum absolute atomic E-state index is 0.522. The first-order valence-corrected chi connectivity index (χ1v) is 5.91. The lowest BCUT2D eigenvalue weighted by atomic mass is 9.93. The van der Waals surface area contributed by atoms with E-state index >= 15 is 0 Å². The second-order valence-corrected chi connectivity index (χ2v) is 4.87. The van der Waals surface area contributed by atoms with Gasteiger partial charge in [-0.25, -0.2) is 0 Å². The Hall–Kier alpha value is -1.77. The van der Waals surface area contributed by atoms with E-state index in [1.807, 2.05) is 6.07 Å². The number of nitrogens with zero attached hydrogens (tertiary/aromatic N) is 1. The molecule has 0 saturated heterocycles. The molecule has 0 bridgehead atoms. The predicted octanol–water partition coefficient (Wildman–Crippen LogP) is 3.40. The van der Waals surface area contributed by atoms with Crippen molar-refractivity contribution in [1.29, 1.82) is 0 Å². The number of aryl methyl sites for hydroxylation is 1. The maximum atomic E-state index is 5.66. The summed E-state index contributed by atoms with van der Waals surface area (Å²) in [5.41, 5.74) is 11.8. The minimum atomic E-state index is 0.522. The zero-order chi connectivity index (χ0) is 12.6. The summed E-state index contributed by atoms with van der Waals surface area (Å²) in [6.07, 6.45) is 0. The van der Waals surface area contributed by atoms with Gasteiger partial charge in [0.25, 0.3) is 0 Å². The molecule has 3 nitrogen and oxygen atoms in total. The van der Waals surface area contributed by atoms with Crippen LogP contribution in [0.1, 0.15) is 36.5 Å². The molecule has 1 heterocycles.